The van der Waals surface area contributed by atoms with Gasteiger partial charge in [0.25, 0.3) is 0 Å². The first-order chi connectivity index (χ1) is 8.08. The van der Waals surface area contributed by atoms with E-state index in [1.54, 1.807) is 0 Å². The predicted molar refractivity (Wildman–Crippen MR) is 66.5 cm³/mol. The molecule has 3 nitrogen and oxygen atoms in total. The first kappa shape index (κ1) is 12.0. The third-order valence-corrected chi connectivity index (χ3v) is 2.94. The quantitative estimate of drug-likeness (QED) is 0.832. The number of ether oxygens (including phenoxy) is 1. The molecule has 0 N–H and O–H groups in total. The lowest BCUT2D eigenvalue weighted by Crippen LogP contribution is -1.99. The van der Waals surface area contributed by atoms with Crippen molar-refractivity contribution in [1.82, 2.24) is 5.16 Å². The standard InChI is InChI=1S/C13H14ClNO2/c1-8-4-5-11(14)6-13(8)16-7-12-9(2)15-17-10(12)3/h4-6H,7H2,1-3H3. The number of halogens is 1. The molecule has 0 aliphatic rings. The molecule has 2 aromatic rings. The topological polar surface area (TPSA) is 35.3 Å². The fourth-order valence-electron chi connectivity index (χ4n) is 1.59. The Labute approximate surface area is 105 Å². The summed E-state index contributed by atoms with van der Waals surface area (Å²) in [6, 6.07) is 5.60. The molecule has 2 rings (SSSR count). The molecule has 17 heavy (non-hydrogen) atoms. The van der Waals surface area contributed by atoms with Crippen molar-refractivity contribution in [1.29, 1.82) is 0 Å². The Morgan fingerprint density at radius 3 is 2.71 bits per heavy atom. The number of nitrogens with zero attached hydrogens (tertiary/aromatic N) is 1. The van der Waals surface area contributed by atoms with Gasteiger partial charge < -0.3 is 9.26 Å². The van der Waals surface area contributed by atoms with Crippen LogP contribution in [0, 0.1) is 20.8 Å². The first-order valence-corrected chi connectivity index (χ1v) is 5.76. The number of aryl methyl sites for hydroxylation is 3. The summed E-state index contributed by atoms with van der Waals surface area (Å²) < 4.78 is 10.8. The summed E-state index contributed by atoms with van der Waals surface area (Å²) in [4.78, 5) is 0. The van der Waals surface area contributed by atoms with Crippen LogP contribution in [0.3, 0.4) is 0 Å². The van der Waals surface area contributed by atoms with Gasteiger partial charge in [0.15, 0.2) is 0 Å². The van der Waals surface area contributed by atoms with Gasteiger partial charge in [-0.15, -0.1) is 0 Å². The minimum atomic E-state index is 0.447. The zero-order valence-electron chi connectivity index (χ0n) is 10.1. The maximum absolute atomic E-state index is 5.93. The van der Waals surface area contributed by atoms with Crippen molar-refractivity contribution in [2.75, 3.05) is 0 Å². The summed E-state index contributed by atoms with van der Waals surface area (Å²) in [5.41, 5.74) is 2.91. The van der Waals surface area contributed by atoms with Gasteiger partial charge in [-0.25, -0.2) is 0 Å². The van der Waals surface area contributed by atoms with Crippen molar-refractivity contribution < 1.29 is 9.26 Å². The van der Waals surface area contributed by atoms with E-state index in [2.05, 4.69) is 5.16 Å². The van der Waals surface area contributed by atoms with Crippen molar-refractivity contribution >= 4 is 11.6 Å². The molecule has 0 aliphatic carbocycles. The van der Waals surface area contributed by atoms with Crippen LogP contribution < -0.4 is 4.74 Å². The van der Waals surface area contributed by atoms with Crippen molar-refractivity contribution in [3.05, 3.63) is 45.8 Å². The van der Waals surface area contributed by atoms with Crippen LogP contribution in [-0.2, 0) is 6.61 Å². The highest BCUT2D eigenvalue weighted by Crippen LogP contribution is 2.24. The molecule has 0 amide bonds. The van der Waals surface area contributed by atoms with Gasteiger partial charge in [0.2, 0.25) is 0 Å². The van der Waals surface area contributed by atoms with Gasteiger partial charge in [-0.05, 0) is 38.5 Å². The molecular weight excluding hydrogens is 238 g/mol. The molecule has 0 saturated carbocycles. The maximum atomic E-state index is 5.93. The van der Waals surface area contributed by atoms with E-state index in [-0.39, 0.29) is 0 Å². The number of aromatic nitrogens is 1. The summed E-state index contributed by atoms with van der Waals surface area (Å²) in [7, 11) is 0. The van der Waals surface area contributed by atoms with Crippen LogP contribution in [0.2, 0.25) is 5.02 Å². The normalized spacial score (nSPS) is 10.6. The Morgan fingerprint density at radius 2 is 2.06 bits per heavy atom. The van der Waals surface area contributed by atoms with Crippen LogP contribution in [-0.4, -0.2) is 5.16 Å². The Morgan fingerprint density at radius 1 is 1.29 bits per heavy atom. The monoisotopic (exact) mass is 251 g/mol. The highest BCUT2D eigenvalue weighted by molar-refractivity contribution is 6.30. The smallest absolute Gasteiger partial charge is 0.140 e. The van der Waals surface area contributed by atoms with Crippen LogP contribution in [0.5, 0.6) is 5.75 Å². The molecule has 1 aromatic heterocycles. The fraction of sp³-hybridized carbons (Fsp3) is 0.308. The van der Waals surface area contributed by atoms with Crippen LogP contribution in [0.25, 0.3) is 0 Å². The summed E-state index contributed by atoms with van der Waals surface area (Å²) >= 11 is 5.93. The summed E-state index contributed by atoms with van der Waals surface area (Å²) in [6.07, 6.45) is 0. The fourth-order valence-corrected chi connectivity index (χ4v) is 1.75. The van der Waals surface area contributed by atoms with Gasteiger partial charge in [-0.1, -0.05) is 22.8 Å². The maximum Gasteiger partial charge on any atom is 0.140 e. The minimum absolute atomic E-state index is 0.447. The average molecular weight is 252 g/mol. The van der Waals surface area contributed by atoms with E-state index < -0.39 is 0 Å². The lowest BCUT2D eigenvalue weighted by atomic mass is 10.2. The molecule has 0 saturated heterocycles. The highest BCUT2D eigenvalue weighted by atomic mass is 35.5. The van der Waals surface area contributed by atoms with Gasteiger partial charge in [0.05, 0.1) is 11.3 Å². The van der Waals surface area contributed by atoms with Crippen LogP contribution in [0.15, 0.2) is 22.7 Å². The van der Waals surface area contributed by atoms with Crippen LogP contribution in [0.4, 0.5) is 0 Å². The van der Waals surface area contributed by atoms with E-state index in [4.69, 9.17) is 20.9 Å². The Hall–Kier alpha value is -1.48. The minimum Gasteiger partial charge on any atom is -0.488 e. The molecule has 0 atom stereocenters. The molecule has 0 spiro atoms. The van der Waals surface area contributed by atoms with E-state index in [9.17, 15) is 0 Å². The average Bonchev–Trinajstić information content (AvgIpc) is 2.61. The molecule has 0 aliphatic heterocycles. The Bertz CT molecular complexity index is 515. The number of hydrogen-bond acceptors (Lipinski definition) is 3. The third-order valence-electron chi connectivity index (χ3n) is 2.70. The lowest BCUT2D eigenvalue weighted by molar-refractivity contribution is 0.299. The molecule has 0 bridgehead atoms. The number of rotatable bonds is 3. The molecule has 1 aromatic carbocycles. The Balaban J connectivity index is 2.15. The molecule has 1 heterocycles. The third kappa shape index (κ3) is 2.61. The first-order valence-electron chi connectivity index (χ1n) is 5.38. The second kappa shape index (κ2) is 4.80. The van der Waals surface area contributed by atoms with Gasteiger partial charge in [-0.2, -0.15) is 0 Å². The van der Waals surface area contributed by atoms with Crippen molar-refractivity contribution in [2.24, 2.45) is 0 Å². The molecule has 0 radical (unpaired) electrons. The predicted octanol–water partition coefficient (Wildman–Crippen LogP) is 3.83. The van der Waals surface area contributed by atoms with E-state index in [1.807, 2.05) is 39.0 Å². The van der Waals surface area contributed by atoms with E-state index >= 15 is 0 Å². The lowest BCUT2D eigenvalue weighted by Gasteiger charge is -2.09. The zero-order chi connectivity index (χ0) is 12.4. The van der Waals surface area contributed by atoms with Crippen molar-refractivity contribution in [3.63, 3.8) is 0 Å². The van der Waals surface area contributed by atoms with Gasteiger partial charge in [-0.3, -0.25) is 0 Å². The van der Waals surface area contributed by atoms with Gasteiger partial charge in [0.1, 0.15) is 18.1 Å². The SMILES string of the molecule is Cc1ccc(Cl)cc1OCc1c(C)noc1C. The molecular formula is C13H14ClNO2. The molecule has 90 valence electrons. The summed E-state index contributed by atoms with van der Waals surface area (Å²) in [5.74, 6) is 1.58. The zero-order valence-corrected chi connectivity index (χ0v) is 10.8. The van der Waals surface area contributed by atoms with Crippen LogP contribution in [0.1, 0.15) is 22.6 Å². The Kier molecular flexibility index (Phi) is 3.38. The number of hydrogen-bond donors (Lipinski definition) is 0. The van der Waals surface area contributed by atoms with E-state index in [0.717, 1.165) is 28.3 Å². The van der Waals surface area contributed by atoms with Crippen LogP contribution >= 0.6 is 11.6 Å². The van der Waals surface area contributed by atoms with Crippen molar-refractivity contribution in [3.8, 4) is 5.75 Å². The molecule has 4 heteroatoms. The molecule has 0 unspecified atom stereocenters. The van der Waals surface area contributed by atoms with Gasteiger partial charge >= 0.3 is 0 Å². The van der Waals surface area contributed by atoms with Gasteiger partial charge in [0, 0.05) is 5.02 Å². The van der Waals surface area contributed by atoms with E-state index in [0.29, 0.717) is 11.6 Å². The van der Waals surface area contributed by atoms with Crippen molar-refractivity contribution in [2.45, 2.75) is 27.4 Å². The second-order valence-corrected chi connectivity index (χ2v) is 4.44. The van der Waals surface area contributed by atoms with E-state index in [1.165, 1.54) is 0 Å². The largest absolute Gasteiger partial charge is 0.488 e. The highest BCUT2D eigenvalue weighted by Gasteiger charge is 2.10. The summed E-state index contributed by atoms with van der Waals surface area (Å²) in [5, 5.41) is 4.56. The molecule has 0 fully saturated rings. The second-order valence-electron chi connectivity index (χ2n) is 4.00. The number of benzene rings is 1. The summed E-state index contributed by atoms with van der Waals surface area (Å²) in [6.45, 7) is 6.21.